The zero-order chi connectivity index (χ0) is 15.4. The number of carboxylic acid groups (broad SMARTS) is 1. The molecule has 4 atom stereocenters. The number of aliphatic carboxylic acids is 1. The molecular formula is C15H28N2O3. The monoisotopic (exact) mass is 284 g/mol. The van der Waals surface area contributed by atoms with E-state index in [1.807, 2.05) is 13.8 Å². The zero-order valence-corrected chi connectivity index (χ0v) is 13.2. The van der Waals surface area contributed by atoms with Crippen molar-refractivity contribution in [3.8, 4) is 0 Å². The number of nitrogens with zero attached hydrogens (tertiary/aromatic N) is 1. The summed E-state index contributed by atoms with van der Waals surface area (Å²) in [4.78, 5) is 25.6. The molecule has 0 aliphatic carbocycles. The summed E-state index contributed by atoms with van der Waals surface area (Å²) in [6.07, 6.45) is 3.38. The molecule has 2 N–H and O–H groups in total. The molecule has 1 saturated heterocycles. The molecule has 1 aliphatic rings. The molecule has 116 valence electrons. The summed E-state index contributed by atoms with van der Waals surface area (Å²) in [7, 11) is 0. The third kappa shape index (κ3) is 3.95. The number of rotatable bonds is 5. The molecule has 0 aromatic carbocycles. The zero-order valence-electron chi connectivity index (χ0n) is 13.2. The van der Waals surface area contributed by atoms with Crippen molar-refractivity contribution < 1.29 is 14.7 Å². The van der Waals surface area contributed by atoms with Crippen LogP contribution in [0.4, 0.5) is 0 Å². The van der Waals surface area contributed by atoms with Gasteiger partial charge >= 0.3 is 5.97 Å². The van der Waals surface area contributed by atoms with Crippen molar-refractivity contribution in [1.82, 2.24) is 10.2 Å². The fourth-order valence-electron chi connectivity index (χ4n) is 3.13. The lowest BCUT2D eigenvalue weighted by atomic mass is 9.90. The lowest BCUT2D eigenvalue weighted by Gasteiger charge is -2.45. The average Bonchev–Trinajstić information content (AvgIpc) is 2.32. The molecule has 5 nitrogen and oxygen atoms in total. The maximum absolute atomic E-state index is 12.5. The van der Waals surface area contributed by atoms with Crippen LogP contribution in [0.15, 0.2) is 0 Å². The minimum atomic E-state index is -0.999. The molecule has 4 unspecified atom stereocenters. The fraction of sp³-hybridized carbons (Fsp3) is 0.867. The van der Waals surface area contributed by atoms with Crippen molar-refractivity contribution in [3.05, 3.63) is 0 Å². The van der Waals surface area contributed by atoms with Gasteiger partial charge in [-0.2, -0.15) is 0 Å². The van der Waals surface area contributed by atoms with Crippen LogP contribution in [0, 0.1) is 5.92 Å². The van der Waals surface area contributed by atoms with E-state index in [1.165, 1.54) is 13.3 Å². The quantitative estimate of drug-likeness (QED) is 0.808. The van der Waals surface area contributed by atoms with Gasteiger partial charge < -0.3 is 10.4 Å². The van der Waals surface area contributed by atoms with Gasteiger partial charge in [0.1, 0.15) is 6.04 Å². The molecule has 0 bridgehead atoms. The molecule has 20 heavy (non-hydrogen) atoms. The third-order valence-corrected chi connectivity index (χ3v) is 4.21. The van der Waals surface area contributed by atoms with Gasteiger partial charge in [0.25, 0.3) is 0 Å². The Morgan fingerprint density at radius 2 is 1.65 bits per heavy atom. The standard InChI is InChI=1S/C15H28N2O3/c1-9(2)13(14(18)16-12(5)15(19)20)17-10(3)7-6-8-11(17)4/h9-13H,6-8H2,1-5H3,(H,16,18)(H,19,20). The maximum Gasteiger partial charge on any atom is 0.325 e. The Bertz CT molecular complexity index is 347. The molecule has 0 radical (unpaired) electrons. The summed E-state index contributed by atoms with van der Waals surface area (Å²) in [6, 6.07) is -0.393. The topological polar surface area (TPSA) is 69.6 Å². The van der Waals surface area contributed by atoms with Gasteiger partial charge in [-0.15, -0.1) is 0 Å². The van der Waals surface area contributed by atoms with Gasteiger partial charge in [0.15, 0.2) is 0 Å². The Balaban J connectivity index is 2.87. The van der Waals surface area contributed by atoms with Gasteiger partial charge in [0.05, 0.1) is 6.04 Å². The van der Waals surface area contributed by atoms with E-state index in [0.29, 0.717) is 12.1 Å². The first-order valence-corrected chi connectivity index (χ1v) is 7.56. The van der Waals surface area contributed by atoms with Crippen LogP contribution in [0.3, 0.4) is 0 Å². The van der Waals surface area contributed by atoms with E-state index in [1.54, 1.807) is 0 Å². The van der Waals surface area contributed by atoms with Gasteiger partial charge in [-0.1, -0.05) is 20.3 Å². The van der Waals surface area contributed by atoms with E-state index in [4.69, 9.17) is 5.11 Å². The van der Waals surface area contributed by atoms with Crippen molar-refractivity contribution in [2.75, 3.05) is 0 Å². The molecule has 1 rings (SSSR count). The molecule has 1 aliphatic heterocycles. The molecule has 0 saturated carbocycles. The van der Waals surface area contributed by atoms with Crippen molar-refractivity contribution in [1.29, 1.82) is 0 Å². The van der Waals surface area contributed by atoms with Gasteiger partial charge in [0, 0.05) is 12.1 Å². The number of piperidine rings is 1. The molecule has 0 aromatic heterocycles. The Labute approximate surface area is 121 Å². The second-order valence-electron chi connectivity index (χ2n) is 6.33. The number of nitrogens with one attached hydrogen (secondary N) is 1. The summed E-state index contributed by atoms with van der Waals surface area (Å²) in [5, 5.41) is 11.6. The number of carbonyl (C=O) groups is 2. The predicted octanol–water partition coefficient (Wildman–Crippen LogP) is 1.86. The molecule has 0 spiro atoms. The van der Waals surface area contributed by atoms with Crippen LogP contribution in [0.25, 0.3) is 0 Å². The highest BCUT2D eigenvalue weighted by molar-refractivity contribution is 5.87. The first-order chi connectivity index (χ1) is 9.25. The number of carboxylic acids is 1. The Kier molecular flexibility index (Phi) is 5.99. The normalized spacial score (nSPS) is 27.1. The lowest BCUT2D eigenvalue weighted by Crippen LogP contribution is -2.59. The molecular weight excluding hydrogens is 256 g/mol. The van der Waals surface area contributed by atoms with Crippen LogP contribution < -0.4 is 5.32 Å². The highest BCUT2D eigenvalue weighted by Gasteiger charge is 2.37. The van der Waals surface area contributed by atoms with Gasteiger partial charge in [-0.3, -0.25) is 14.5 Å². The largest absolute Gasteiger partial charge is 0.480 e. The van der Waals surface area contributed by atoms with E-state index in [0.717, 1.165) is 12.8 Å². The third-order valence-electron chi connectivity index (χ3n) is 4.21. The van der Waals surface area contributed by atoms with Crippen molar-refractivity contribution >= 4 is 11.9 Å². The van der Waals surface area contributed by atoms with Crippen molar-refractivity contribution in [2.24, 2.45) is 5.92 Å². The minimum Gasteiger partial charge on any atom is -0.480 e. The smallest absolute Gasteiger partial charge is 0.325 e. The SMILES string of the molecule is CC(NC(=O)C(C(C)C)N1C(C)CCCC1C)C(=O)O. The van der Waals surface area contributed by atoms with Crippen LogP contribution in [-0.2, 0) is 9.59 Å². The van der Waals surface area contributed by atoms with Gasteiger partial charge in [-0.25, -0.2) is 0 Å². The summed E-state index contributed by atoms with van der Waals surface area (Å²) in [6.45, 7) is 9.84. The van der Waals surface area contributed by atoms with E-state index < -0.39 is 12.0 Å². The second-order valence-corrected chi connectivity index (χ2v) is 6.33. The summed E-state index contributed by atoms with van der Waals surface area (Å²) in [5.41, 5.74) is 0. The van der Waals surface area contributed by atoms with Gasteiger partial charge in [-0.05, 0) is 39.5 Å². The van der Waals surface area contributed by atoms with Gasteiger partial charge in [0.2, 0.25) is 5.91 Å². The summed E-state index contributed by atoms with van der Waals surface area (Å²) >= 11 is 0. The fourth-order valence-corrected chi connectivity index (χ4v) is 3.13. The Morgan fingerprint density at radius 1 is 1.15 bits per heavy atom. The molecule has 1 amide bonds. The number of hydrogen-bond acceptors (Lipinski definition) is 3. The first kappa shape index (κ1) is 17.0. The highest BCUT2D eigenvalue weighted by atomic mass is 16.4. The predicted molar refractivity (Wildman–Crippen MR) is 78.5 cm³/mol. The highest BCUT2D eigenvalue weighted by Crippen LogP contribution is 2.27. The van der Waals surface area contributed by atoms with Crippen molar-refractivity contribution in [3.63, 3.8) is 0 Å². The lowest BCUT2D eigenvalue weighted by molar-refractivity contribution is -0.143. The second kappa shape index (κ2) is 7.07. The molecule has 1 heterocycles. The minimum absolute atomic E-state index is 0.152. The number of likely N-dealkylation sites (tertiary alicyclic amines) is 1. The van der Waals surface area contributed by atoms with Crippen molar-refractivity contribution in [2.45, 2.75) is 78.0 Å². The maximum atomic E-state index is 12.5. The Morgan fingerprint density at radius 3 is 2.05 bits per heavy atom. The number of amides is 1. The summed E-state index contributed by atoms with van der Waals surface area (Å²) < 4.78 is 0. The first-order valence-electron chi connectivity index (χ1n) is 7.56. The molecule has 5 heteroatoms. The van der Waals surface area contributed by atoms with Crippen LogP contribution in [-0.4, -0.2) is 46.1 Å². The van der Waals surface area contributed by atoms with E-state index in [2.05, 4.69) is 24.1 Å². The number of hydrogen-bond donors (Lipinski definition) is 2. The summed E-state index contributed by atoms with van der Waals surface area (Å²) in [5.74, 6) is -1.02. The van der Waals surface area contributed by atoms with E-state index in [-0.39, 0.29) is 17.9 Å². The van der Waals surface area contributed by atoms with Crippen LogP contribution in [0.2, 0.25) is 0 Å². The van der Waals surface area contributed by atoms with E-state index in [9.17, 15) is 9.59 Å². The van der Waals surface area contributed by atoms with Crippen LogP contribution >= 0.6 is 0 Å². The number of carbonyl (C=O) groups excluding carboxylic acids is 1. The average molecular weight is 284 g/mol. The molecule has 1 fully saturated rings. The van der Waals surface area contributed by atoms with E-state index >= 15 is 0 Å². The van der Waals surface area contributed by atoms with Crippen LogP contribution in [0.1, 0.15) is 53.9 Å². The van der Waals surface area contributed by atoms with Crippen LogP contribution in [0.5, 0.6) is 0 Å². The molecule has 0 aromatic rings. The Hall–Kier alpha value is -1.10.